The molecule has 0 aliphatic carbocycles. The molecule has 0 atom stereocenters. The molecule has 0 radical (unpaired) electrons. The van der Waals surface area contributed by atoms with Gasteiger partial charge < -0.3 is 5.11 Å². The summed E-state index contributed by atoms with van der Waals surface area (Å²) in [6.07, 6.45) is 0.0219. The van der Waals surface area contributed by atoms with Crippen molar-refractivity contribution in [3.63, 3.8) is 0 Å². The molecule has 5 nitrogen and oxygen atoms in total. The zero-order valence-corrected chi connectivity index (χ0v) is 5.25. The summed E-state index contributed by atoms with van der Waals surface area (Å²) in [4.78, 5) is 19.1. The summed E-state index contributed by atoms with van der Waals surface area (Å²) in [5.74, 6) is -1.25. The van der Waals surface area contributed by atoms with Crippen molar-refractivity contribution in [2.75, 3.05) is 6.54 Å². The zero-order valence-electron chi connectivity index (χ0n) is 4.26. The van der Waals surface area contributed by atoms with E-state index in [9.17, 15) is 9.59 Å². The number of hydroxylamine groups is 2. The number of amides is 1. The molecule has 0 aliphatic heterocycles. The normalized spacial score (nSPS) is 7.22. The molecule has 56 valence electrons. The number of carboxylic acids is 1. The quantitative estimate of drug-likeness (QED) is 0.249. The van der Waals surface area contributed by atoms with Crippen molar-refractivity contribution in [1.82, 2.24) is 5.06 Å². The van der Waals surface area contributed by atoms with Crippen LogP contribution in [-0.4, -0.2) is 34.3 Å². The Hall–Kier alpha value is -0.606. The third-order valence-corrected chi connectivity index (χ3v) is 0.419. The minimum Gasteiger partial charge on any atom is -0.480 e. The van der Waals surface area contributed by atoms with E-state index < -0.39 is 12.5 Å². The van der Waals surface area contributed by atoms with Gasteiger partial charge >= 0.3 is 5.97 Å². The predicted octanol–water partition coefficient (Wildman–Crippen LogP) is -1.08. The summed E-state index contributed by atoms with van der Waals surface area (Å²) in [6, 6.07) is 0. The van der Waals surface area contributed by atoms with Gasteiger partial charge in [-0.3, -0.25) is 14.8 Å². The summed E-state index contributed by atoms with van der Waals surface area (Å²) < 4.78 is 0. The summed E-state index contributed by atoms with van der Waals surface area (Å²) in [7, 11) is 0. The largest absolute Gasteiger partial charge is 0.480 e. The summed E-state index contributed by atoms with van der Waals surface area (Å²) in [6.45, 7) is -0.677. The molecule has 0 spiro atoms. The molecule has 2 N–H and O–H groups in total. The maximum Gasteiger partial charge on any atom is 0.325 e. The smallest absolute Gasteiger partial charge is 0.325 e. The first-order valence-electron chi connectivity index (χ1n) is 1.79. The second-order valence-corrected chi connectivity index (χ2v) is 1.10. The third kappa shape index (κ3) is 7.39. The van der Waals surface area contributed by atoms with Crippen LogP contribution >= 0.6 is 0 Å². The Morgan fingerprint density at radius 2 is 2.11 bits per heavy atom. The van der Waals surface area contributed by atoms with Crippen LogP contribution in [0.2, 0.25) is 0 Å². The van der Waals surface area contributed by atoms with Crippen molar-refractivity contribution in [2.24, 2.45) is 0 Å². The van der Waals surface area contributed by atoms with Crippen molar-refractivity contribution in [1.29, 1.82) is 0 Å². The van der Waals surface area contributed by atoms with Crippen LogP contribution in [0.3, 0.4) is 0 Å². The second kappa shape index (κ2) is 5.53. The minimum atomic E-state index is -1.25. The molecule has 0 rings (SSSR count). The Labute approximate surface area is 61.1 Å². The van der Waals surface area contributed by atoms with Crippen LogP contribution < -0.4 is 0 Å². The van der Waals surface area contributed by atoms with E-state index >= 15 is 0 Å². The summed E-state index contributed by atoms with van der Waals surface area (Å²) >= 11 is 0. The maximum absolute atomic E-state index is 9.61. The molecule has 0 heterocycles. The molecule has 0 bridgehead atoms. The van der Waals surface area contributed by atoms with Crippen molar-refractivity contribution < 1.29 is 36.4 Å². The Kier molecular flexibility index (Phi) is 6.90. The van der Waals surface area contributed by atoms with Crippen LogP contribution in [0.4, 0.5) is 0 Å². The summed E-state index contributed by atoms with van der Waals surface area (Å²) in [5.41, 5.74) is 0. The van der Waals surface area contributed by atoms with Crippen molar-refractivity contribution in [2.45, 2.75) is 0 Å². The van der Waals surface area contributed by atoms with Crippen LogP contribution in [0.5, 0.6) is 0 Å². The van der Waals surface area contributed by atoms with E-state index in [0.29, 0.717) is 0 Å². The van der Waals surface area contributed by atoms with Crippen molar-refractivity contribution in [3.05, 3.63) is 0 Å². The molecule has 0 aliphatic rings. The molecule has 0 saturated heterocycles. The van der Waals surface area contributed by atoms with Gasteiger partial charge in [-0.2, -0.15) is 0 Å². The molecule has 0 aromatic heterocycles. The number of aliphatic carboxylic acids is 1. The van der Waals surface area contributed by atoms with Crippen LogP contribution in [0.25, 0.3) is 0 Å². The Bertz CT molecular complexity index is 106. The Morgan fingerprint density at radius 1 is 1.67 bits per heavy atom. The van der Waals surface area contributed by atoms with Gasteiger partial charge in [-0.1, -0.05) is 0 Å². The van der Waals surface area contributed by atoms with Gasteiger partial charge in [-0.15, -0.1) is 0 Å². The first kappa shape index (κ1) is 11.2. The molecule has 0 aromatic rings. The topological polar surface area (TPSA) is 77.8 Å². The molecule has 1 amide bonds. The number of carbonyl (C=O) groups excluding carboxylic acids is 1. The van der Waals surface area contributed by atoms with Crippen LogP contribution in [-0.2, 0) is 26.1 Å². The van der Waals surface area contributed by atoms with Gasteiger partial charge in [-0.05, 0) is 0 Å². The van der Waals surface area contributed by atoms with E-state index in [1.165, 1.54) is 0 Å². The monoisotopic (exact) mass is 177 g/mol. The SMILES string of the molecule is O=CN(O)CC(=O)O.[Ni]. The maximum atomic E-state index is 9.61. The number of nitrogens with zero attached hydrogens (tertiary/aromatic N) is 1. The molecule has 0 fully saturated rings. The van der Waals surface area contributed by atoms with E-state index in [-0.39, 0.29) is 28.0 Å². The van der Waals surface area contributed by atoms with Crippen LogP contribution in [0.15, 0.2) is 0 Å². The van der Waals surface area contributed by atoms with Gasteiger partial charge in [0.25, 0.3) is 0 Å². The molecule has 9 heavy (non-hydrogen) atoms. The van der Waals surface area contributed by atoms with Crippen molar-refractivity contribution >= 4 is 12.4 Å². The van der Waals surface area contributed by atoms with Gasteiger partial charge in [0.05, 0.1) is 0 Å². The molecule has 6 heteroatoms. The van der Waals surface area contributed by atoms with Gasteiger partial charge in [0.1, 0.15) is 6.54 Å². The fourth-order valence-electron chi connectivity index (χ4n) is 0.176. The van der Waals surface area contributed by atoms with E-state index in [0.717, 1.165) is 0 Å². The van der Waals surface area contributed by atoms with Crippen molar-refractivity contribution in [3.8, 4) is 0 Å². The molecule has 0 saturated carbocycles. The number of rotatable bonds is 3. The van der Waals surface area contributed by atoms with Gasteiger partial charge in [-0.25, -0.2) is 5.06 Å². The second-order valence-electron chi connectivity index (χ2n) is 1.10. The van der Waals surface area contributed by atoms with Gasteiger partial charge in [0.15, 0.2) is 0 Å². The Balaban J connectivity index is 0. The first-order valence-corrected chi connectivity index (χ1v) is 1.79. The number of carbonyl (C=O) groups is 2. The first-order chi connectivity index (χ1) is 3.66. The van der Waals surface area contributed by atoms with E-state index in [1.807, 2.05) is 0 Å². The number of carboxylic acid groups (broad SMARTS) is 1. The molecule has 0 unspecified atom stereocenters. The standard InChI is InChI=1S/C3H5NO4.Ni/c5-2-4(8)1-3(6)7;/h2,8H,1H2,(H,6,7);. The fourth-order valence-corrected chi connectivity index (χ4v) is 0.176. The molecular formula is C3H5NNiO4. The average Bonchev–Trinajstić information content (AvgIpc) is 1.65. The molecular weight excluding hydrogens is 173 g/mol. The minimum absolute atomic E-state index is 0. The average molecular weight is 178 g/mol. The van der Waals surface area contributed by atoms with E-state index in [1.54, 1.807) is 0 Å². The van der Waals surface area contributed by atoms with E-state index in [2.05, 4.69) is 0 Å². The van der Waals surface area contributed by atoms with Crippen LogP contribution in [0.1, 0.15) is 0 Å². The van der Waals surface area contributed by atoms with Crippen LogP contribution in [0, 0.1) is 0 Å². The zero-order chi connectivity index (χ0) is 6.57. The van der Waals surface area contributed by atoms with Gasteiger partial charge in [0, 0.05) is 16.5 Å². The number of hydrogen-bond acceptors (Lipinski definition) is 3. The van der Waals surface area contributed by atoms with Gasteiger partial charge in [0.2, 0.25) is 6.41 Å². The number of hydrogen-bond donors (Lipinski definition) is 2. The van der Waals surface area contributed by atoms with E-state index in [4.69, 9.17) is 10.3 Å². The predicted molar refractivity (Wildman–Crippen MR) is 22.2 cm³/mol. The molecule has 0 aromatic carbocycles. The fraction of sp³-hybridized carbons (Fsp3) is 0.333. The summed E-state index contributed by atoms with van der Waals surface area (Å²) in [5, 5.41) is 16.0. The Morgan fingerprint density at radius 3 is 2.22 bits per heavy atom. The third-order valence-electron chi connectivity index (χ3n) is 0.419.